The van der Waals surface area contributed by atoms with Gasteiger partial charge >= 0.3 is 0 Å². The number of hydrogen-bond acceptors (Lipinski definition) is 5. The summed E-state index contributed by atoms with van der Waals surface area (Å²) < 4.78 is 10.6. The fourth-order valence-corrected chi connectivity index (χ4v) is 1.09. The minimum absolute atomic E-state index is 0.512. The first-order valence-corrected chi connectivity index (χ1v) is 5.64. The van der Waals surface area contributed by atoms with E-state index in [0.717, 1.165) is 13.0 Å². The molecule has 0 saturated carbocycles. The van der Waals surface area contributed by atoms with Gasteiger partial charge in [0, 0.05) is 25.4 Å². The maximum absolute atomic E-state index is 5.41. The quantitative estimate of drug-likeness (QED) is 0.683. The Bertz CT molecular complexity index is 294. The summed E-state index contributed by atoms with van der Waals surface area (Å²) in [5.41, 5.74) is 0. The normalized spacial score (nSPS) is 10.1. The molecule has 0 spiro atoms. The monoisotopic (exact) mass is 225 g/mol. The van der Waals surface area contributed by atoms with E-state index in [-0.39, 0.29) is 0 Å². The first-order valence-electron chi connectivity index (χ1n) is 5.64. The average molecular weight is 225 g/mol. The molecule has 90 valence electrons. The molecule has 1 rings (SSSR count). The van der Waals surface area contributed by atoms with Gasteiger partial charge in [-0.1, -0.05) is 6.92 Å². The highest BCUT2D eigenvalue weighted by molar-refractivity contribution is 5.27. The zero-order chi connectivity index (χ0) is 11.6. The van der Waals surface area contributed by atoms with Crippen molar-refractivity contribution in [3.63, 3.8) is 0 Å². The largest absolute Gasteiger partial charge is 0.475 e. The second kappa shape index (κ2) is 7.87. The number of anilines is 1. The summed E-state index contributed by atoms with van der Waals surface area (Å²) in [6, 6.07) is 1.74. The van der Waals surface area contributed by atoms with E-state index < -0.39 is 0 Å². The highest BCUT2D eigenvalue weighted by Crippen LogP contribution is 2.07. The topological polar surface area (TPSA) is 56.3 Å². The van der Waals surface area contributed by atoms with Crippen molar-refractivity contribution in [2.75, 3.05) is 31.7 Å². The lowest BCUT2D eigenvalue weighted by molar-refractivity contribution is 0.108. The summed E-state index contributed by atoms with van der Waals surface area (Å²) >= 11 is 0. The van der Waals surface area contributed by atoms with E-state index in [0.29, 0.717) is 31.6 Å². The second-order valence-electron chi connectivity index (χ2n) is 3.19. The Morgan fingerprint density at radius 1 is 1.31 bits per heavy atom. The number of nitrogens with zero attached hydrogens (tertiary/aromatic N) is 2. The van der Waals surface area contributed by atoms with Crippen molar-refractivity contribution in [3.05, 3.63) is 12.3 Å². The first-order chi connectivity index (χ1) is 7.86. The standard InChI is InChI=1S/C11H19N3O2/c1-3-6-12-11-13-7-5-10(14-11)16-9-8-15-4-2/h5,7H,3-4,6,8-9H2,1-2H3,(H,12,13,14). The van der Waals surface area contributed by atoms with Gasteiger partial charge in [-0.25, -0.2) is 4.98 Å². The van der Waals surface area contributed by atoms with Crippen molar-refractivity contribution >= 4 is 5.95 Å². The summed E-state index contributed by atoms with van der Waals surface area (Å²) in [5, 5.41) is 3.10. The molecule has 1 aromatic rings. The Labute approximate surface area is 96.2 Å². The Morgan fingerprint density at radius 3 is 2.94 bits per heavy atom. The fraction of sp³-hybridized carbons (Fsp3) is 0.636. The smallest absolute Gasteiger partial charge is 0.225 e. The van der Waals surface area contributed by atoms with Crippen LogP contribution < -0.4 is 10.1 Å². The summed E-state index contributed by atoms with van der Waals surface area (Å²) in [6.45, 7) is 6.71. The molecule has 0 bridgehead atoms. The van der Waals surface area contributed by atoms with Gasteiger partial charge in [0.15, 0.2) is 0 Å². The third-order valence-electron chi connectivity index (χ3n) is 1.84. The number of ether oxygens (including phenoxy) is 2. The van der Waals surface area contributed by atoms with E-state index in [1.54, 1.807) is 12.3 Å². The maximum atomic E-state index is 5.41. The molecule has 1 aromatic heterocycles. The summed E-state index contributed by atoms with van der Waals surface area (Å²) in [5.74, 6) is 1.18. The molecule has 0 saturated heterocycles. The summed E-state index contributed by atoms with van der Waals surface area (Å²) in [7, 11) is 0. The van der Waals surface area contributed by atoms with Gasteiger partial charge in [-0.2, -0.15) is 4.98 Å². The van der Waals surface area contributed by atoms with Crippen molar-refractivity contribution in [1.82, 2.24) is 9.97 Å². The number of hydrogen-bond donors (Lipinski definition) is 1. The van der Waals surface area contributed by atoms with Crippen molar-refractivity contribution < 1.29 is 9.47 Å². The van der Waals surface area contributed by atoms with E-state index >= 15 is 0 Å². The minimum atomic E-state index is 0.512. The number of nitrogens with one attached hydrogen (secondary N) is 1. The Morgan fingerprint density at radius 2 is 2.19 bits per heavy atom. The van der Waals surface area contributed by atoms with Crippen LogP contribution in [0.1, 0.15) is 20.3 Å². The lowest BCUT2D eigenvalue weighted by atomic mass is 10.5. The number of aromatic nitrogens is 2. The van der Waals surface area contributed by atoms with Crippen LogP contribution in [0, 0.1) is 0 Å². The van der Waals surface area contributed by atoms with E-state index in [1.165, 1.54) is 0 Å². The van der Waals surface area contributed by atoms with Crippen LogP contribution in [0.2, 0.25) is 0 Å². The lowest BCUT2D eigenvalue weighted by Gasteiger charge is -2.07. The van der Waals surface area contributed by atoms with Gasteiger partial charge in [-0.15, -0.1) is 0 Å². The fourth-order valence-electron chi connectivity index (χ4n) is 1.09. The molecule has 0 aliphatic rings. The van der Waals surface area contributed by atoms with Crippen molar-refractivity contribution in [1.29, 1.82) is 0 Å². The Hall–Kier alpha value is -1.36. The molecule has 5 nitrogen and oxygen atoms in total. The van der Waals surface area contributed by atoms with Crippen molar-refractivity contribution in [2.24, 2.45) is 0 Å². The van der Waals surface area contributed by atoms with Crippen LogP contribution in [0.4, 0.5) is 5.95 Å². The molecule has 1 heterocycles. The maximum Gasteiger partial charge on any atom is 0.225 e. The van der Waals surface area contributed by atoms with Crippen LogP contribution in [0.3, 0.4) is 0 Å². The summed E-state index contributed by atoms with van der Waals surface area (Å²) in [6.07, 6.45) is 2.72. The Balaban J connectivity index is 2.35. The molecule has 0 atom stereocenters. The third kappa shape index (κ3) is 4.93. The van der Waals surface area contributed by atoms with Gasteiger partial charge in [0.05, 0.1) is 6.61 Å². The first kappa shape index (κ1) is 12.7. The van der Waals surface area contributed by atoms with Crippen LogP contribution in [-0.2, 0) is 4.74 Å². The van der Waals surface area contributed by atoms with Gasteiger partial charge in [0.1, 0.15) is 6.61 Å². The van der Waals surface area contributed by atoms with E-state index in [4.69, 9.17) is 9.47 Å². The van der Waals surface area contributed by atoms with Crippen molar-refractivity contribution in [3.8, 4) is 5.88 Å². The highest BCUT2D eigenvalue weighted by Gasteiger charge is 1.98. The van der Waals surface area contributed by atoms with E-state index in [1.807, 2.05) is 6.92 Å². The summed E-state index contributed by atoms with van der Waals surface area (Å²) in [4.78, 5) is 8.30. The molecule has 16 heavy (non-hydrogen) atoms. The minimum Gasteiger partial charge on any atom is -0.475 e. The van der Waals surface area contributed by atoms with Gasteiger partial charge in [0.2, 0.25) is 11.8 Å². The zero-order valence-electron chi connectivity index (χ0n) is 9.90. The van der Waals surface area contributed by atoms with Gasteiger partial charge in [0.25, 0.3) is 0 Å². The molecule has 0 unspecified atom stereocenters. The third-order valence-corrected chi connectivity index (χ3v) is 1.84. The van der Waals surface area contributed by atoms with E-state index in [2.05, 4.69) is 22.2 Å². The second-order valence-corrected chi connectivity index (χ2v) is 3.19. The molecule has 0 fully saturated rings. The molecule has 0 amide bonds. The molecule has 5 heteroatoms. The molecular formula is C11H19N3O2. The van der Waals surface area contributed by atoms with Gasteiger partial charge < -0.3 is 14.8 Å². The molecule has 0 aliphatic carbocycles. The SMILES string of the molecule is CCCNc1nccc(OCCOCC)n1. The predicted octanol–water partition coefficient (Wildman–Crippen LogP) is 1.71. The molecule has 1 N–H and O–H groups in total. The van der Waals surface area contributed by atoms with Crippen LogP contribution in [0.5, 0.6) is 5.88 Å². The van der Waals surface area contributed by atoms with Gasteiger partial charge in [-0.3, -0.25) is 0 Å². The molecule has 0 aromatic carbocycles. The molecular weight excluding hydrogens is 206 g/mol. The predicted molar refractivity (Wildman–Crippen MR) is 62.8 cm³/mol. The molecule has 0 radical (unpaired) electrons. The van der Waals surface area contributed by atoms with Gasteiger partial charge in [-0.05, 0) is 13.3 Å². The van der Waals surface area contributed by atoms with Crippen LogP contribution in [0.25, 0.3) is 0 Å². The lowest BCUT2D eigenvalue weighted by Crippen LogP contribution is -2.09. The molecule has 0 aliphatic heterocycles. The van der Waals surface area contributed by atoms with Crippen molar-refractivity contribution in [2.45, 2.75) is 20.3 Å². The number of rotatable bonds is 8. The zero-order valence-corrected chi connectivity index (χ0v) is 9.90. The van der Waals surface area contributed by atoms with Crippen LogP contribution in [0.15, 0.2) is 12.3 Å². The van der Waals surface area contributed by atoms with E-state index in [9.17, 15) is 0 Å². The Kier molecular flexibility index (Phi) is 6.25. The van der Waals surface area contributed by atoms with Crippen LogP contribution in [-0.4, -0.2) is 36.3 Å². The van der Waals surface area contributed by atoms with Crippen LogP contribution >= 0.6 is 0 Å². The average Bonchev–Trinajstić information content (AvgIpc) is 2.33. The highest BCUT2D eigenvalue weighted by atomic mass is 16.5.